The van der Waals surface area contributed by atoms with Crippen molar-refractivity contribution in [1.29, 1.82) is 0 Å². The molecule has 0 bridgehead atoms. The van der Waals surface area contributed by atoms with Gasteiger partial charge in [0.1, 0.15) is 11.5 Å². The minimum atomic E-state index is -0.849. The van der Waals surface area contributed by atoms with Crippen LogP contribution in [-0.2, 0) is 11.3 Å². The molecule has 0 aliphatic carbocycles. The molecule has 0 radical (unpaired) electrons. The normalized spacial score (nSPS) is 12.8. The third-order valence-electron chi connectivity index (χ3n) is 5.04. The zero-order valence-corrected chi connectivity index (χ0v) is 19.9. The molecule has 0 heterocycles. The van der Waals surface area contributed by atoms with Gasteiger partial charge in [0.05, 0.1) is 49.2 Å². The van der Waals surface area contributed by atoms with Crippen LogP contribution >= 0.6 is 11.6 Å². The van der Waals surface area contributed by atoms with E-state index in [-0.39, 0.29) is 6.54 Å². The molecule has 2 rings (SSSR count). The fraction of sp³-hybridized carbons (Fsp3) is 0.458. The van der Waals surface area contributed by atoms with Crippen molar-refractivity contribution in [2.24, 2.45) is 5.73 Å². The van der Waals surface area contributed by atoms with Crippen LogP contribution in [0.4, 0.5) is 4.79 Å². The maximum atomic E-state index is 12.2. The van der Waals surface area contributed by atoms with Gasteiger partial charge in [0.2, 0.25) is 0 Å². The minimum Gasteiger partial charge on any atom is -0.493 e. The molecule has 2 unspecified atom stereocenters. The van der Waals surface area contributed by atoms with Gasteiger partial charge >= 0.3 is 6.03 Å². The first-order valence-corrected chi connectivity index (χ1v) is 11.2. The van der Waals surface area contributed by atoms with Crippen LogP contribution in [0.3, 0.4) is 0 Å². The number of carbonyl (C=O) groups is 1. The van der Waals surface area contributed by atoms with Crippen LogP contribution in [0.25, 0.3) is 0 Å². The van der Waals surface area contributed by atoms with E-state index in [2.05, 4.69) is 0 Å². The highest BCUT2D eigenvalue weighted by molar-refractivity contribution is 6.33. The van der Waals surface area contributed by atoms with Crippen molar-refractivity contribution < 1.29 is 24.1 Å². The Hall–Kier alpha value is -2.48. The lowest BCUT2D eigenvalue weighted by Gasteiger charge is -2.30. The number of aliphatic hydroxyl groups is 1. The highest BCUT2D eigenvalue weighted by atomic mass is 35.5. The van der Waals surface area contributed by atoms with Gasteiger partial charge in [-0.15, -0.1) is 0 Å². The number of benzene rings is 2. The van der Waals surface area contributed by atoms with Crippen molar-refractivity contribution in [2.75, 3.05) is 26.4 Å². The van der Waals surface area contributed by atoms with Gasteiger partial charge in [-0.05, 0) is 39.3 Å². The summed E-state index contributed by atoms with van der Waals surface area (Å²) in [6.07, 6.45) is -0.849. The Labute approximate surface area is 195 Å². The summed E-state index contributed by atoms with van der Waals surface area (Å²) in [6.45, 7) is 8.92. The van der Waals surface area contributed by atoms with Gasteiger partial charge in [0.25, 0.3) is 0 Å². The molecule has 0 aliphatic rings. The Morgan fingerprint density at radius 3 is 2.38 bits per heavy atom. The second kappa shape index (κ2) is 12.5. The molecule has 0 saturated carbocycles. The number of hydrogen-bond donors (Lipinski definition) is 2. The molecule has 176 valence electrons. The predicted octanol–water partition coefficient (Wildman–Crippen LogP) is 4.85. The van der Waals surface area contributed by atoms with E-state index in [0.717, 1.165) is 5.56 Å². The quantitative estimate of drug-likeness (QED) is 0.438. The number of amides is 2. The summed E-state index contributed by atoms with van der Waals surface area (Å²) in [5.41, 5.74) is 7.82. The molecule has 0 fully saturated rings. The minimum absolute atomic E-state index is 0.283. The summed E-state index contributed by atoms with van der Waals surface area (Å²) in [7, 11) is 0. The first-order valence-electron chi connectivity index (χ1n) is 10.8. The molecular weight excluding hydrogens is 432 g/mol. The van der Waals surface area contributed by atoms with Gasteiger partial charge in [-0.25, -0.2) is 4.79 Å². The number of nitrogens with two attached hydrogens (primary N) is 1. The Bertz CT molecular complexity index is 876. The van der Waals surface area contributed by atoms with E-state index >= 15 is 0 Å². The van der Waals surface area contributed by atoms with Crippen molar-refractivity contribution in [1.82, 2.24) is 4.90 Å². The van der Waals surface area contributed by atoms with E-state index in [9.17, 15) is 9.90 Å². The van der Waals surface area contributed by atoms with Gasteiger partial charge < -0.3 is 30.0 Å². The number of nitrogens with zero attached hydrogens (tertiary/aromatic N) is 1. The maximum Gasteiger partial charge on any atom is 0.315 e. The average Bonchev–Trinajstić information content (AvgIpc) is 2.76. The van der Waals surface area contributed by atoms with Crippen molar-refractivity contribution in [3.8, 4) is 11.5 Å². The number of ether oxygens (including phenoxy) is 3. The summed E-state index contributed by atoms with van der Waals surface area (Å²) in [5, 5.41) is 10.6. The van der Waals surface area contributed by atoms with Crippen molar-refractivity contribution in [2.45, 2.75) is 46.4 Å². The number of hydrogen-bond acceptors (Lipinski definition) is 5. The van der Waals surface area contributed by atoms with E-state index in [1.54, 1.807) is 13.0 Å². The summed E-state index contributed by atoms with van der Waals surface area (Å²) in [6, 6.07) is 10.5. The lowest BCUT2D eigenvalue weighted by atomic mass is 9.99. The van der Waals surface area contributed by atoms with Crippen molar-refractivity contribution in [3.63, 3.8) is 0 Å². The summed E-state index contributed by atoms with van der Waals surface area (Å²) in [4.78, 5) is 13.7. The van der Waals surface area contributed by atoms with E-state index < -0.39 is 18.2 Å². The third kappa shape index (κ3) is 6.51. The molecule has 2 amide bonds. The molecule has 7 nitrogen and oxygen atoms in total. The Kier molecular flexibility index (Phi) is 10.1. The molecule has 0 aliphatic heterocycles. The largest absolute Gasteiger partial charge is 0.493 e. The lowest BCUT2D eigenvalue weighted by molar-refractivity contribution is 0.0914. The molecule has 2 aromatic rings. The van der Waals surface area contributed by atoms with E-state index in [0.29, 0.717) is 54.1 Å². The van der Waals surface area contributed by atoms with Crippen LogP contribution in [0.5, 0.6) is 11.5 Å². The van der Waals surface area contributed by atoms with E-state index in [4.69, 9.17) is 31.5 Å². The Morgan fingerprint density at radius 1 is 1.16 bits per heavy atom. The average molecular weight is 465 g/mol. The Balaban J connectivity index is 2.28. The number of aliphatic hydroxyl groups excluding tert-OH is 1. The lowest BCUT2D eigenvalue weighted by Crippen LogP contribution is -2.40. The van der Waals surface area contributed by atoms with Gasteiger partial charge in [-0.3, -0.25) is 0 Å². The number of halogens is 1. The molecule has 0 saturated heterocycles. The topological polar surface area (TPSA) is 94.2 Å². The number of carbonyl (C=O) groups excluding carboxylic acids is 1. The van der Waals surface area contributed by atoms with Crippen molar-refractivity contribution in [3.05, 3.63) is 58.1 Å². The molecule has 32 heavy (non-hydrogen) atoms. The highest BCUT2D eigenvalue weighted by Gasteiger charge is 2.28. The zero-order valence-electron chi connectivity index (χ0n) is 19.1. The summed E-state index contributed by atoms with van der Waals surface area (Å²) in [5.74, 6) is 0.809. The molecule has 0 spiro atoms. The van der Waals surface area contributed by atoms with E-state index in [1.807, 2.05) is 51.1 Å². The highest BCUT2D eigenvalue weighted by Crippen LogP contribution is 2.45. The fourth-order valence-corrected chi connectivity index (χ4v) is 3.86. The van der Waals surface area contributed by atoms with Crippen molar-refractivity contribution >= 4 is 17.6 Å². The van der Waals surface area contributed by atoms with Crippen LogP contribution < -0.4 is 15.2 Å². The van der Waals surface area contributed by atoms with Crippen LogP contribution in [0, 0.1) is 0 Å². The molecule has 0 aromatic heterocycles. The molecular formula is C24H33ClN2O5. The maximum absolute atomic E-state index is 12.2. The van der Waals surface area contributed by atoms with Crippen LogP contribution in [0.1, 0.15) is 56.5 Å². The summed E-state index contributed by atoms with van der Waals surface area (Å²) < 4.78 is 17.3. The Morgan fingerprint density at radius 2 is 1.81 bits per heavy atom. The third-order valence-corrected chi connectivity index (χ3v) is 5.43. The fourth-order valence-electron chi connectivity index (χ4n) is 3.49. The van der Waals surface area contributed by atoms with Gasteiger partial charge in [-0.1, -0.05) is 41.9 Å². The number of rotatable bonds is 12. The first-order chi connectivity index (χ1) is 15.3. The molecule has 8 heteroatoms. The zero-order chi connectivity index (χ0) is 23.7. The number of primary amides is 1. The first kappa shape index (κ1) is 25.8. The second-order valence-electron chi connectivity index (χ2n) is 7.31. The molecule has 2 aromatic carbocycles. The second-order valence-corrected chi connectivity index (χ2v) is 7.69. The van der Waals surface area contributed by atoms with Crippen LogP contribution in [-0.4, -0.2) is 42.4 Å². The van der Waals surface area contributed by atoms with Gasteiger partial charge in [0.15, 0.2) is 0 Å². The summed E-state index contributed by atoms with van der Waals surface area (Å²) >= 11 is 6.69. The van der Waals surface area contributed by atoms with Gasteiger partial charge in [0, 0.05) is 12.1 Å². The van der Waals surface area contributed by atoms with Crippen LogP contribution in [0.15, 0.2) is 36.4 Å². The standard InChI is InChI=1S/C24H33ClN2O5/c1-5-31-20-14-19(22(25)23(32-6-2)21(20)17(4)28)16(3)27(24(26)29)12-13-30-15-18-10-8-7-9-11-18/h7-11,14,16-17,28H,5-6,12-13,15H2,1-4H3,(H2,26,29). The van der Waals surface area contributed by atoms with E-state index in [1.165, 1.54) is 4.90 Å². The molecule has 2 atom stereocenters. The van der Waals surface area contributed by atoms with Gasteiger partial charge in [-0.2, -0.15) is 0 Å². The predicted molar refractivity (Wildman–Crippen MR) is 125 cm³/mol. The number of urea groups is 1. The smallest absolute Gasteiger partial charge is 0.315 e. The SMILES string of the molecule is CCOc1cc(C(C)N(CCOCc2ccccc2)C(N)=O)c(Cl)c(OCC)c1C(C)O. The monoisotopic (exact) mass is 464 g/mol. The van der Waals surface area contributed by atoms with Crippen LogP contribution in [0.2, 0.25) is 5.02 Å². The molecule has 3 N–H and O–H groups in total.